The van der Waals surface area contributed by atoms with Gasteiger partial charge in [0.1, 0.15) is 0 Å². The highest BCUT2D eigenvalue weighted by Crippen LogP contribution is 2.33. The van der Waals surface area contributed by atoms with Crippen molar-refractivity contribution in [2.24, 2.45) is 0 Å². The summed E-state index contributed by atoms with van der Waals surface area (Å²) in [6.07, 6.45) is 8.22. The second-order valence-electron chi connectivity index (χ2n) is 7.51. The highest BCUT2D eigenvalue weighted by atomic mass is 32.2. The molecule has 156 valence electrons. The van der Waals surface area contributed by atoms with Gasteiger partial charge in [-0.25, -0.2) is 14.8 Å². The van der Waals surface area contributed by atoms with E-state index in [0.29, 0.717) is 16.8 Å². The molecule has 2 heterocycles. The predicted octanol–water partition coefficient (Wildman–Crippen LogP) is 4.93. The third-order valence-corrected chi connectivity index (χ3v) is 6.21. The number of benzene rings is 1. The minimum atomic E-state index is -0.547. The Morgan fingerprint density at radius 1 is 1.17 bits per heavy atom. The number of esters is 1. The van der Waals surface area contributed by atoms with Crippen LogP contribution in [0.4, 0.5) is 0 Å². The van der Waals surface area contributed by atoms with Crippen LogP contribution < -0.4 is 5.56 Å². The van der Waals surface area contributed by atoms with Gasteiger partial charge in [0.05, 0.1) is 23.3 Å². The number of pyridine rings is 1. The largest absolute Gasteiger partial charge is 0.462 e. The van der Waals surface area contributed by atoms with E-state index in [1.807, 2.05) is 18.4 Å². The Kier molecular flexibility index (Phi) is 6.18. The first-order valence-corrected chi connectivity index (χ1v) is 11.6. The van der Waals surface area contributed by atoms with Crippen molar-refractivity contribution < 1.29 is 9.53 Å². The zero-order valence-corrected chi connectivity index (χ0v) is 18.1. The molecule has 1 saturated carbocycles. The molecule has 6 nitrogen and oxygen atoms in total. The molecule has 7 heteroatoms. The van der Waals surface area contributed by atoms with Gasteiger partial charge in [-0.05, 0) is 43.6 Å². The zero-order chi connectivity index (χ0) is 21.1. The maximum Gasteiger partial charge on any atom is 0.339 e. The van der Waals surface area contributed by atoms with Crippen molar-refractivity contribution in [1.29, 1.82) is 0 Å². The smallest absolute Gasteiger partial charge is 0.339 e. The van der Waals surface area contributed by atoms with Crippen molar-refractivity contribution in [3.63, 3.8) is 0 Å². The van der Waals surface area contributed by atoms with Crippen LogP contribution in [0.25, 0.3) is 22.3 Å². The number of hydrogen-bond donors (Lipinski definition) is 1. The summed E-state index contributed by atoms with van der Waals surface area (Å²) >= 11 is 1.32. The highest BCUT2D eigenvalue weighted by Gasteiger charge is 2.20. The van der Waals surface area contributed by atoms with Crippen LogP contribution in [0.3, 0.4) is 0 Å². The van der Waals surface area contributed by atoms with Crippen molar-refractivity contribution in [3.8, 4) is 11.3 Å². The van der Waals surface area contributed by atoms with Gasteiger partial charge in [0.25, 0.3) is 5.56 Å². The molecule has 1 fully saturated rings. The van der Waals surface area contributed by atoms with E-state index in [1.165, 1.54) is 49.4 Å². The maximum absolute atomic E-state index is 12.6. The van der Waals surface area contributed by atoms with E-state index in [2.05, 4.69) is 27.1 Å². The fraction of sp³-hybridized carbons (Fsp3) is 0.391. The SMILES string of the molecule is CCOC(=O)c1cc(-c2ccc(C3CCCCC3)cc2)nc2nc(SC)[nH]c(=O)c12. The standard InChI is InChI=1S/C23H25N3O3S/c1-3-29-22(28)17-13-18(24-20-19(17)21(27)26-23(25-20)30-2)16-11-9-15(10-12-16)14-7-5-4-6-8-14/h9-14H,3-8H2,1-2H3,(H,24,25,26,27). The monoisotopic (exact) mass is 423 g/mol. The molecule has 1 aromatic carbocycles. The molecule has 0 spiro atoms. The summed E-state index contributed by atoms with van der Waals surface area (Å²) in [7, 11) is 0. The Hall–Kier alpha value is -2.67. The minimum Gasteiger partial charge on any atom is -0.462 e. The molecule has 1 aliphatic rings. The van der Waals surface area contributed by atoms with Gasteiger partial charge in [-0.3, -0.25) is 4.79 Å². The van der Waals surface area contributed by atoms with Gasteiger partial charge < -0.3 is 9.72 Å². The number of H-pyrrole nitrogens is 1. The molecular weight excluding hydrogens is 398 g/mol. The van der Waals surface area contributed by atoms with E-state index in [-0.39, 0.29) is 28.8 Å². The van der Waals surface area contributed by atoms with E-state index >= 15 is 0 Å². The summed E-state index contributed by atoms with van der Waals surface area (Å²) in [6, 6.07) is 10.0. The molecule has 0 amide bonds. The number of thioether (sulfide) groups is 1. The maximum atomic E-state index is 12.6. The topological polar surface area (TPSA) is 84.9 Å². The average molecular weight is 424 g/mol. The Morgan fingerprint density at radius 2 is 1.90 bits per heavy atom. The van der Waals surface area contributed by atoms with E-state index in [4.69, 9.17) is 4.74 Å². The number of ether oxygens (including phenoxy) is 1. The van der Waals surface area contributed by atoms with E-state index in [0.717, 1.165) is 5.56 Å². The molecule has 1 N–H and O–H groups in total. The van der Waals surface area contributed by atoms with Crippen LogP contribution in [0.1, 0.15) is 60.9 Å². The molecule has 2 aromatic heterocycles. The summed E-state index contributed by atoms with van der Waals surface area (Å²) in [4.78, 5) is 36.9. The fourth-order valence-electron chi connectivity index (χ4n) is 4.10. The Morgan fingerprint density at radius 3 is 2.57 bits per heavy atom. The first-order chi connectivity index (χ1) is 14.6. The summed E-state index contributed by atoms with van der Waals surface area (Å²) in [5.41, 5.74) is 2.89. The Bertz CT molecular complexity index is 1120. The number of nitrogens with zero attached hydrogens (tertiary/aromatic N) is 2. The third kappa shape index (κ3) is 4.12. The number of hydrogen-bond acceptors (Lipinski definition) is 6. The number of aromatic nitrogens is 3. The van der Waals surface area contributed by atoms with Gasteiger partial charge in [-0.1, -0.05) is 55.3 Å². The lowest BCUT2D eigenvalue weighted by Gasteiger charge is -2.22. The van der Waals surface area contributed by atoms with Crippen molar-refractivity contribution in [2.75, 3.05) is 12.9 Å². The Balaban J connectivity index is 1.80. The molecule has 1 aliphatic carbocycles. The molecule has 30 heavy (non-hydrogen) atoms. The second kappa shape index (κ2) is 9.00. The van der Waals surface area contributed by atoms with Crippen molar-refractivity contribution >= 4 is 28.8 Å². The summed E-state index contributed by atoms with van der Waals surface area (Å²) in [5.74, 6) is 0.0750. The summed E-state index contributed by atoms with van der Waals surface area (Å²) < 4.78 is 5.18. The highest BCUT2D eigenvalue weighted by molar-refractivity contribution is 7.98. The number of carbonyl (C=O) groups is 1. The number of aromatic amines is 1. The van der Waals surface area contributed by atoms with Gasteiger partial charge in [0.15, 0.2) is 10.8 Å². The number of nitrogens with one attached hydrogen (secondary N) is 1. The first kappa shape index (κ1) is 20.6. The van der Waals surface area contributed by atoms with Crippen molar-refractivity contribution in [2.45, 2.75) is 50.1 Å². The molecule has 4 rings (SSSR count). The average Bonchev–Trinajstić information content (AvgIpc) is 2.79. The van der Waals surface area contributed by atoms with Gasteiger partial charge in [0.2, 0.25) is 0 Å². The number of fused-ring (bicyclic) bond motifs is 1. The lowest BCUT2D eigenvalue weighted by Crippen LogP contribution is -2.16. The van der Waals surface area contributed by atoms with Crippen LogP contribution >= 0.6 is 11.8 Å². The normalized spacial score (nSPS) is 14.7. The van der Waals surface area contributed by atoms with Gasteiger partial charge in [0, 0.05) is 5.56 Å². The Labute approximate surface area is 179 Å². The minimum absolute atomic E-state index is 0.161. The molecule has 0 saturated heterocycles. The van der Waals surface area contributed by atoms with E-state index < -0.39 is 5.97 Å². The van der Waals surface area contributed by atoms with Gasteiger partial charge in [-0.15, -0.1) is 0 Å². The van der Waals surface area contributed by atoms with E-state index in [1.54, 1.807) is 13.0 Å². The molecule has 0 radical (unpaired) electrons. The van der Waals surface area contributed by atoms with Crippen LogP contribution in [0, 0.1) is 0 Å². The second-order valence-corrected chi connectivity index (χ2v) is 8.30. The number of rotatable bonds is 5. The van der Waals surface area contributed by atoms with Crippen LogP contribution in [-0.2, 0) is 4.74 Å². The third-order valence-electron chi connectivity index (χ3n) is 5.63. The van der Waals surface area contributed by atoms with Crippen LogP contribution in [-0.4, -0.2) is 33.8 Å². The van der Waals surface area contributed by atoms with Crippen molar-refractivity contribution in [1.82, 2.24) is 15.0 Å². The predicted molar refractivity (Wildman–Crippen MR) is 119 cm³/mol. The van der Waals surface area contributed by atoms with Crippen molar-refractivity contribution in [3.05, 3.63) is 51.8 Å². The van der Waals surface area contributed by atoms with E-state index in [9.17, 15) is 9.59 Å². The summed E-state index contributed by atoms with van der Waals surface area (Å²) in [6.45, 7) is 1.96. The molecule has 0 atom stereocenters. The first-order valence-electron chi connectivity index (χ1n) is 10.4. The fourth-order valence-corrected chi connectivity index (χ4v) is 4.47. The van der Waals surface area contributed by atoms with Gasteiger partial charge >= 0.3 is 5.97 Å². The molecular formula is C23H25N3O3S. The quantitative estimate of drug-likeness (QED) is 0.356. The lowest BCUT2D eigenvalue weighted by atomic mass is 9.84. The van der Waals surface area contributed by atoms with Crippen LogP contribution in [0.5, 0.6) is 0 Å². The molecule has 0 unspecified atom stereocenters. The molecule has 0 aliphatic heterocycles. The number of carbonyl (C=O) groups excluding carboxylic acids is 1. The van der Waals surface area contributed by atoms with Crippen LogP contribution in [0.2, 0.25) is 0 Å². The summed E-state index contributed by atoms with van der Waals surface area (Å²) in [5, 5.41) is 0.619. The zero-order valence-electron chi connectivity index (χ0n) is 17.2. The van der Waals surface area contributed by atoms with Crippen LogP contribution in [0.15, 0.2) is 40.3 Å². The molecule has 3 aromatic rings. The molecule has 0 bridgehead atoms. The lowest BCUT2D eigenvalue weighted by molar-refractivity contribution is 0.0528. The van der Waals surface area contributed by atoms with Gasteiger partial charge in [-0.2, -0.15) is 0 Å².